The van der Waals surface area contributed by atoms with Gasteiger partial charge in [0.05, 0.1) is 11.8 Å². The Morgan fingerprint density at radius 3 is 2.28 bits per heavy atom. The van der Waals surface area contributed by atoms with Crippen LogP contribution >= 0.6 is 0 Å². The molecule has 1 aliphatic heterocycles. The van der Waals surface area contributed by atoms with Crippen molar-refractivity contribution in [2.24, 2.45) is 17.3 Å². The summed E-state index contributed by atoms with van der Waals surface area (Å²) in [7, 11) is 0. The fourth-order valence-electron chi connectivity index (χ4n) is 3.35. The smallest absolute Gasteiger partial charge is 0.320 e. The highest BCUT2D eigenvalue weighted by Gasteiger charge is 2.53. The van der Waals surface area contributed by atoms with Gasteiger partial charge in [0, 0.05) is 0 Å². The number of ether oxygens (including phenoxy) is 1. The van der Waals surface area contributed by atoms with E-state index in [9.17, 15) is 9.59 Å². The van der Waals surface area contributed by atoms with Crippen molar-refractivity contribution in [1.82, 2.24) is 0 Å². The SMILES string of the molecule is C=C(C)C1CCC2(CC(=O)OC2=O)CC1C(=C)C. The van der Waals surface area contributed by atoms with E-state index < -0.39 is 5.41 Å². The first-order valence-electron chi connectivity index (χ1n) is 6.41. The standard InChI is InChI=1S/C15H20O3/c1-9(2)11-5-6-15(7-12(11)10(3)4)8-13(16)18-14(15)17/h11-12H,1,3,5-8H2,2,4H3. The zero-order valence-corrected chi connectivity index (χ0v) is 11.1. The molecule has 2 aliphatic rings. The first kappa shape index (κ1) is 13.1. The van der Waals surface area contributed by atoms with E-state index in [0.717, 1.165) is 24.0 Å². The van der Waals surface area contributed by atoms with Gasteiger partial charge in [-0.3, -0.25) is 9.59 Å². The van der Waals surface area contributed by atoms with Crippen LogP contribution in [0.1, 0.15) is 39.5 Å². The highest BCUT2D eigenvalue weighted by Crippen LogP contribution is 2.51. The Kier molecular flexibility index (Phi) is 3.18. The van der Waals surface area contributed by atoms with Crippen LogP contribution in [-0.2, 0) is 14.3 Å². The van der Waals surface area contributed by atoms with Gasteiger partial charge in [0.15, 0.2) is 0 Å². The molecule has 0 aromatic carbocycles. The molecule has 0 aromatic rings. The molecular weight excluding hydrogens is 228 g/mol. The summed E-state index contributed by atoms with van der Waals surface area (Å²) in [6.45, 7) is 12.1. The lowest BCUT2D eigenvalue weighted by Crippen LogP contribution is -2.37. The van der Waals surface area contributed by atoms with Gasteiger partial charge in [-0.1, -0.05) is 24.3 Å². The largest absolute Gasteiger partial charge is 0.393 e. The van der Waals surface area contributed by atoms with Gasteiger partial charge in [0.1, 0.15) is 0 Å². The zero-order valence-electron chi connectivity index (χ0n) is 11.1. The minimum absolute atomic E-state index is 0.231. The molecule has 1 saturated heterocycles. The third-order valence-corrected chi connectivity index (χ3v) is 4.42. The Bertz CT molecular complexity index is 435. The van der Waals surface area contributed by atoms with Crippen molar-refractivity contribution >= 4 is 11.9 Å². The van der Waals surface area contributed by atoms with E-state index in [-0.39, 0.29) is 24.3 Å². The van der Waals surface area contributed by atoms with Crippen molar-refractivity contribution in [3.05, 3.63) is 24.3 Å². The van der Waals surface area contributed by atoms with Crippen LogP contribution in [0.4, 0.5) is 0 Å². The number of carbonyl (C=O) groups is 2. The van der Waals surface area contributed by atoms with Crippen LogP contribution in [0.25, 0.3) is 0 Å². The molecule has 1 aliphatic carbocycles. The van der Waals surface area contributed by atoms with E-state index in [1.54, 1.807) is 0 Å². The van der Waals surface area contributed by atoms with E-state index in [1.165, 1.54) is 0 Å². The summed E-state index contributed by atoms with van der Waals surface area (Å²) in [6.07, 6.45) is 2.51. The van der Waals surface area contributed by atoms with Gasteiger partial charge in [0.2, 0.25) is 0 Å². The van der Waals surface area contributed by atoms with Gasteiger partial charge in [-0.15, -0.1) is 0 Å². The van der Waals surface area contributed by atoms with E-state index in [2.05, 4.69) is 13.2 Å². The number of esters is 2. The summed E-state index contributed by atoms with van der Waals surface area (Å²) in [5, 5.41) is 0. The number of hydrogen-bond acceptors (Lipinski definition) is 3. The number of hydrogen-bond donors (Lipinski definition) is 0. The van der Waals surface area contributed by atoms with Crippen LogP contribution in [0.2, 0.25) is 0 Å². The molecule has 0 N–H and O–H groups in total. The van der Waals surface area contributed by atoms with Crippen molar-refractivity contribution in [2.75, 3.05) is 0 Å². The maximum Gasteiger partial charge on any atom is 0.320 e. The maximum absolute atomic E-state index is 11.9. The first-order valence-corrected chi connectivity index (χ1v) is 6.41. The van der Waals surface area contributed by atoms with Crippen LogP contribution in [0, 0.1) is 17.3 Å². The Morgan fingerprint density at radius 2 is 1.83 bits per heavy atom. The Labute approximate surface area is 108 Å². The second-order valence-corrected chi connectivity index (χ2v) is 5.87. The average molecular weight is 248 g/mol. The quantitative estimate of drug-likeness (QED) is 0.428. The van der Waals surface area contributed by atoms with Crippen molar-refractivity contribution in [2.45, 2.75) is 39.5 Å². The number of carbonyl (C=O) groups excluding carboxylic acids is 2. The molecule has 98 valence electrons. The molecule has 0 radical (unpaired) electrons. The third-order valence-electron chi connectivity index (χ3n) is 4.42. The lowest BCUT2D eigenvalue weighted by Gasteiger charge is -2.40. The average Bonchev–Trinajstić information content (AvgIpc) is 2.53. The molecule has 3 unspecified atom stereocenters. The molecule has 3 atom stereocenters. The van der Waals surface area contributed by atoms with Crippen molar-refractivity contribution < 1.29 is 14.3 Å². The lowest BCUT2D eigenvalue weighted by atomic mass is 9.61. The number of allylic oxidation sites excluding steroid dienone is 2. The molecule has 0 bridgehead atoms. The summed E-state index contributed by atoms with van der Waals surface area (Å²) in [4.78, 5) is 23.2. The van der Waals surface area contributed by atoms with E-state index in [4.69, 9.17) is 4.74 Å². The van der Waals surface area contributed by atoms with Crippen LogP contribution in [-0.4, -0.2) is 11.9 Å². The summed E-state index contributed by atoms with van der Waals surface area (Å²) in [5.74, 6) is -0.112. The molecule has 2 fully saturated rings. The van der Waals surface area contributed by atoms with Gasteiger partial charge in [-0.2, -0.15) is 0 Å². The van der Waals surface area contributed by atoms with Crippen molar-refractivity contribution in [3.63, 3.8) is 0 Å². The van der Waals surface area contributed by atoms with E-state index >= 15 is 0 Å². The van der Waals surface area contributed by atoms with Crippen molar-refractivity contribution in [1.29, 1.82) is 0 Å². The fraction of sp³-hybridized carbons (Fsp3) is 0.600. The normalized spacial score (nSPS) is 35.7. The summed E-state index contributed by atoms with van der Waals surface area (Å²) in [5.41, 5.74) is 1.61. The first-order chi connectivity index (χ1) is 8.35. The predicted octanol–water partition coefficient (Wildman–Crippen LogP) is 3.01. The van der Waals surface area contributed by atoms with Crippen LogP contribution in [0.3, 0.4) is 0 Å². The van der Waals surface area contributed by atoms with Crippen molar-refractivity contribution in [3.8, 4) is 0 Å². The van der Waals surface area contributed by atoms with Gasteiger partial charge in [-0.25, -0.2) is 0 Å². The Balaban J connectivity index is 2.26. The third kappa shape index (κ3) is 2.02. The highest BCUT2D eigenvalue weighted by molar-refractivity contribution is 5.97. The summed E-state index contributed by atoms with van der Waals surface area (Å²) in [6, 6.07) is 0. The zero-order chi connectivity index (χ0) is 13.5. The fourth-order valence-corrected chi connectivity index (χ4v) is 3.35. The molecule has 1 spiro atoms. The Morgan fingerprint density at radius 1 is 1.22 bits per heavy atom. The molecule has 3 heteroatoms. The van der Waals surface area contributed by atoms with Crippen LogP contribution in [0.5, 0.6) is 0 Å². The minimum atomic E-state index is -0.591. The van der Waals surface area contributed by atoms with Gasteiger partial charge in [-0.05, 0) is 44.9 Å². The second-order valence-electron chi connectivity index (χ2n) is 5.87. The summed E-state index contributed by atoms with van der Waals surface area (Å²) >= 11 is 0. The lowest BCUT2D eigenvalue weighted by molar-refractivity contribution is -0.156. The molecule has 0 aromatic heterocycles. The van der Waals surface area contributed by atoms with Gasteiger partial charge >= 0.3 is 11.9 Å². The molecule has 3 nitrogen and oxygen atoms in total. The molecule has 2 rings (SSSR count). The van der Waals surface area contributed by atoms with E-state index in [0.29, 0.717) is 12.3 Å². The number of rotatable bonds is 2. The minimum Gasteiger partial charge on any atom is -0.393 e. The monoisotopic (exact) mass is 248 g/mol. The maximum atomic E-state index is 11.9. The van der Waals surface area contributed by atoms with Crippen LogP contribution < -0.4 is 0 Å². The highest BCUT2D eigenvalue weighted by atomic mass is 16.6. The molecule has 1 heterocycles. The molecule has 18 heavy (non-hydrogen) atoms. The Hall–Kier alpha value is -1.38. The second kappa shape index (κ2) is 4.38. The molecular formula is C15H20O3. The summed E-state index contributed by atoms with van der Waals surface area (Å²) < 4.78 is 4.75. The van der Waals surface area contributed by atoms with Gasteiger partial charge < -0.3 is 4.74 Å². The van der Waals surface area contributed by atoms with Gasteiger partial charge in [0.25, 0.3) is 0 Å². The molecule has 0 amide bonds. The topological polar surface area (TPSA) is 43.4 Å². The predicted molar refractivity (Wildman–Crippen MR) is 68.6 cm³/mol. The number of cyclic esters (lactones) is 2. The van der Waals surface area contributed by atoms with E-state index in [1.807, 2.05) is 13.8 Å². The molecule has 1 saturated carbocycles. The van der Waals surface area contributed by atoms with Crippen LogP contribution in [0.15, 0.2) is 24.3 Å².